The van der Waals surface area contributed by atoms with Crippen LogP contribution < -0.4 is 0 Å². The van der Waals surface area contributed by atoms with E-state index in [1.807, 2.05) is 4.90 Å². The van der Waals surface area contributed by atoms with Crippen molar-refractivity contribution in [3.8, 4) is 0 Å². The lowest BCUT2D eigenvalue weighted by Crippen LogP contribution is -2.57. The van der Waals surface area contributed by atoms with E-state index in [2.05, 4.69) is 0 Å². The van der Waals surface area contributed by atoms with Crippen LogP contribution in [0.3, 0.4) is 0 Å². The maximum atomic E-state index is 12.3. The van der Waals surface area contributed by atoms with Crippen LogP contribution in [0.4, 0.5) is 4.79 Å². The lowest BCUT2D eigenvalue weighted by atomic mass is 10.2. The first-order chi connectivity index (χ1) is 9.49. The molecular formula is C12H21N3O4S. The Morgan fingerprint density at radius 2 is 1.50 bits per heavy atom. The SMILES string of the molecule is CC(C(=O)O)N1CCN(C(=O)N2CCS(=O)CC2)CC1. The largest absolute Gasteiger partial charge is 0.480 e. The molecule has 0 aromatic heterocycles. The van der Waals surface area contributed by atoms with Crippen LogP contribution in [0, 0.1) is 0 Å². The number of hydrogen-bond acceptors (Lipinski definition) is 4. The third-order valence-corrected chi connectivity index (χ3v) is 5.21. The molecule has 2 aliphatic heterocycles. The number of carbonyl (C=O) groups excluding carboxylic acids is 1. The summed E-state index contributed by atoms with van der Waals surface area (Å²) in [5.74, 6) is 0.284. The van der Waals surface area contributed by atoms with E-state index in [9.17, 15) is 13.8 Å². The van der Waals surface area contributed by atoms with Crippen molar-refractivity contribution in [3.05, 3.63) is 0 Å². The zero-order valence-corrected chi connectivity index (χ0v) is 12.5. The molecule has 2 fully saturated rings. The van der Waals surface area contributed by atoms with Gasteiger partial charge in [-0.2, -0.15) is 0 Å². The number of carboxylic acid groups (broad SMARTS) is 1. The van der Waals surface area contributed by atoms with Crippen molar-refractivity contribution in [3.63, 3.8) is 0 Å². The van der Waals surface area contributed by atoms with Crippen LogP contribution in [0.15, 0.2) is 0 Å². The molecular weight excluding hydrogens is 282 g/mol. The normalized spacial score (nSPS) is 23.6. The van der Waals surface area contributed by atoms with Crippen molar-refractivity contribution in [1.29, 1.82) is 0 Å². The maximum Gasteiger partial charge on any atom is 0.320 e. The zero-order valence-electron chi connectivity index (χ0n) is 11.7. The van der Waals surface area contributed by atoms with E-state index in [4.69, 9.17) is 5.11 Å². The second kappa shape index (κ2) is 6.53. The molecule has 2 rings (SSSR count). The van der Waals surface area contributed by atoms with Gasteiger partial charge in [-0.15, -0.1) is 0 Å². The Labute approximate surface area is 121 Å². The van der Waals surface area contributed by atoms with Crippen LogP contribution in [0.1, 0.15) is 6.92 Å². The van der Waals surface area contributed by atoms with E-state index < -0.39 is 22.8 Å². The number of piperazine rings is 1. The molecule has 0 saturated carbocycles. The van der Waals surface area contributed by atoms with E-state index >= 15 is 0 Å². The average Bonchev–Trinajstić information content (AvgIpc) is 2.46. The molecule has 2 amide bonds. The Balaban J connectivity index is 1.83. The molecule has 2 aliphatic rings. The number of urea groups is 1. The first-order valence-corrected chi connectivity index (χ1v) is 8.33. The summed E-state index contributed by atoms with van der Waals surface area (Å²) < 4.78 is 11.3. The van der Waals surface area contributed by atoms with Crippen LogP contribution in [-0.4, -0.2) is 92.8 Å². The molecule has 0 aromatic carbocycles. The summed E-state index contributed by atoms with van der Waals surface area (Å²) in [6, 6.07) is -0.519. The van der Waals surface area contributed by atoms with Gasteiger partial charge < -0.3 is 14.9 Å². The third kappa shape index (κ3) is 3.49. The van der Waals surface area contributed by atoms with Gasteiger partial charge in [-0.05, 0) is 6.92 Å². The van der Waals surface area contributed by atoms with Gasteiger partial charge in [-0.25, -0.2) is 4.79 Å². The van der Waals surface area contributed by atoms with Gasteiger partial charge in [0, 0.05) is 61.6 Å². The summed E-state index contributed by atoms with van der Waals surface area (Å²) >= 11 is 0. The lowest BCUT2D eigenvalue weighted by molar-refractivity contribution is -0.143. The van der Waals surface area contributed by atoms with Crippen molar-refractivity contribution < 1.29 is 18.9 Å². The molecule has 1 N–H and O–H groups in total. The number of nitrogens with zero attached hydrogens (tertiary/aromatic N) is 3. The van der Waals surface area contributed by atoms with E-state index in [0.29, 0.717) is 50.8 Å². The fourth-order valence-corrected chi connectivity index (χ4v) is 3.54. The lowest BCUT2D eigenvalue weighted by Gasteiger charge is -2.39. The van der Waals surface area contributed by atoms with Crippen LogP contribution >= 0.6 is 0 Å². The van der Waals surface area contributed by atoms with Crippen molar-refractivity contribution in [2.45, 2.75) is 13.0 Å². The Morgan fingerprint density at radius 3 is 2.00 bits per heavy atom. The molecule has 114 valence electrons. The monoisotopic (exact) mass is 303 g/mol. The van der Waals surface area contributed by atoms with E-state index in [1.165, 1.54) is 0 Å². The van der Waals surface area contributed by atoms with Crippen molar-refractivity contribution >= 4 is 22.8 Å². The fraction of sp³-hybridized carbons (Fsp3) is 0.833. The molecule has 0 bridgehead atoms. The number of amides is 2. The molecule has 7 nitrogen and oxygen atoms in total. The second-order valence-corrected chi connectivity index (χ2v) is 6.85. The van der Waals surface area contributed by atoms with Gasteiger partial charge in [-0.3, -0.25) is 13.9 Å². The first-order valence-electron chi connectivity index (χ1n) is 6.84. The van der Waals surface area contributed by atoms with Crippen LogP contribution in [-0.2, 0) is 15.6 Å². The number of hydrogen-bond donors (Lipinski definition) is 1. The summed E-state index contributed by atoms with van der Waals surface area (Å²) in [6.45, 7) is 5.04. The summed E-state index contributed by atoms with van der Waals surface area (Å²) in [5, 5.41) is 8.98. The van der Waals surface area contributed by atoms with Gasteiger partial charge in [0.15, 0.2) is 0 Å². The van der Waals surface area contributed by atoms with Crippen LogP contribution in [0.25, 0.3) is 0 Å². The highest BCUT2D eigenvalue weighted by Gasteiger charge is 2.30. The fourth-order valence-electron chi connectivity index (χ4n) is 2.49. The Hall–Kier alpha value is -1.15. The number of aliphatic carboxylic acids is 1. The highest BCUT2D eigenvalue weighted by atomic mass is 32.2. The smallest absolute Gasteiger partial charge is 0.320 e. The van der Waals surface area contributed by atoms with Gasteiger partial charge in [-0.1, -0.05) is 0 Å². The third-order valence-electron chi connectivity index (χ3n) is 3.94. The van der Waals surface area contributed by atoms with E-state index in [0.717, 1.165) is 0 Å². The molecule has 0 radical (unpaired) electrons. The summed E-state index contributed by atoms with van der Waals surface area (Å²) in [7, 11) is -0.785. The minimum absolute atomic E-state index is 0.00988. The minimum Gasteiger partial charge on any atom is -0.480 e. The van der Waals surface area contributed by atoms with Crippen molar-refractivity contribution in [2.75, 3.05) is 50.8 Å². The van der Waals surface area contributed by atoms with Gasteiger partial charge >= 0.3 is 12.0 Å². The molecule has 0 aromatic rings. The predicted octanol–water partition coefficient (Wildman–Crippen LogP) is -0.739. The minimum atomic E-state index is -0.830. The van der Waals surface area contributed by atoms with Crippen molar-refractivity contribution in [1.82, 2.24) is 14.7 Å². The van der Waals surface area contributed by atoms with Gasteiger partial charge in [0.25, 0.3) is 0 Å². The summed E-state index contributed by atoms with van der Waals surface area (Å²) in [5.41, 5.74) is 0. The Kier molecular flexibility index (Phi) is 4.98. The molecule has 20 heavy (non-hydrogen) atoms. The van der Waals surface area contributed by atoms with Gasteiger partial charge in [0.1, 0.15) is 6.04 Å². The standard InChI is InChI=1S/C12H21N3O4S/c1-10(11(16)17)13-2-4-14(5-3-13)12(18)15-6-8-20(19)9-7-15/h10H,2-9H2,1H3,(H,16,17). The molecule has 1 atom stereocenters. The molecule has 2 heterocycles. The summed E-state index contributed by atoms with van der Waals surface area (Å²) in [4.78, 5) is 28.6. The molecule has 1 unspecified atom stereocenters. The van der Waals surface area contributed by atoms with E-state index in [1.54, 1.807) is 16.7 Å². The van der Waals surface area contributed by atoms with Crippen molar-refractivity contribution in [2.24, 2.45) is 0 Å². The molecule has 0 spiro atoms. The second-order valence-electron chi connectivity index (χ2n) is 5.15. The van der Waals surface area contributed by atoms with Gasteiger partial charge in [0.05, 0.1) is 0 Å². The maximum absolute atomic E-state index is 12.3. The molecule has 2 saturated heterocycles. The average molecular weight is 303 g/mol. The number of carbonyl (C=O) groups is 2. The number of carboxylic acids is 1. The Bertz CT molecular complexity index is 400. The topological polar surface area (TPSA) is 81.2 Å². The predicted molar refractivity (Wildman–Crippen MR) is 75.1 cm³/mol. The van der Waals surface area contributed by atoms with Crippen LogP contribution in [0.5, 0.6) is 0 Å². The zero-order chi connectivity index (χ0) is 14.7. The quantitative estimate of drug-likeness (QED) is 0.727. The molecule has 8 heteroatoms. The van der Waals surface area contributed by atoms with Crippen LogP contribution in [0.2, 0.25) is 0 Å². The first kappa shape index (κ1) is 15.2. The highest BCUT2D eigenvalue weighted by molar-refractivity contribution is 7.85. The summed E-state index contributed by atoms with van der Waals surface area (Å²) in [6.07, 6.45) is 0. The highest BCUT2D eigenvalue weighted by Crippen LogP contribution is 2.10. The molecule has 0 aliphatic carbocycles. The number of rotatable bonds is 2. The Morgan fingerprint density at radius 1 is 1.00 bits per heavy atom. The van der Waals surface area contributed by atoms with E-state index in [-0.39, 0.29) is 6.03 Å². The van der Waals surface area contributed by atoms with Gasteiger partial charge in [0.2, 0.25) is 0 Å².